The lowest BCUT2D eigenvalue weighted by molar-refractivity contribution is -0.120. The quantitative estimate of drug-likeness (QED) is 0.776. The van der Waals surface area contributed by atoms with Crippen molar-refractivity contribution in [1.82, 2.24) is 5.32 Å². The minimum Gasteiger partial charge on any atom is -0.508 e. The number of aromatic hydroxyl groups is 1. The third-order valence-corrected chi connectivity index (χ3v) is 3.64. The van der Waals surface area contributed by atoms with Gasteiger partial charge in [-0.05, 0) is 62.1 Å². The first-order chi connectivity index (χ1) is 11.6. The van der Waals surface area contributed by atoms with Gasteiger partial charge in [-0.15, -0.1) is 0 Å². The molecule has 0 aliphatic heterocycles. The lowest BCUT2D eigenvalue weighted by Crippen LogP contribution is -2.46. The van der Waals surface area contributed by atoms with Gasteiger partial charge >= 0.3 is 6.09 Å². The Morgan fingerprint density at radius 1 is 1.16 bits per heavy atom. The van der Waals surface area contributed by atoms with Crippen LogP contribution in [-0.2, 0) is 16.0 Å². The molecule has 0 aliphatic carbocycles. The SMILES string of the molecule is CC(C)(C)OC(=O)N[C@@H](CCc1ccc2cc(O)ccc2c1)C(N)=O. The van der Waals surface area contributed by atoms with E-state index in [1.54, 1.807) is 32.9 Å². The fourth-order valence-electron chi connectivity index (χ4n) is 2.48. The van der Waals surface area contributed by atoms with Crippen LogP contribution in [0.3, 0.4) is 0 Å². The summed E-state index contributed by atoms with van der Waals surface area (Å²) < 4.78 is 5.16. The molecule has 0 radical (unpaired) electrons. The number of fused-ring (bicyclic) bond motifs is 1. The molecule has 0 fully saturated rings. The normalized spacial score (nSPS) is 12.6. The Morgan fingerprint density at radius 2 is 1.80 bits per heavy atom. The van der Waals surface area contributed by atoms with Crippen molar-refractivity contribution in [3.63, 3.8) is 0 Å². The fraction of sp³-hybridized carbons (Fsp3) is 0.368. The molecule has 4 N–H and O–H groups in total. The summed E-state index contributed by atoms with van der Waals surface area (Å²) in [5.41, 5.74) is 5.75. The zero-order chi connectivity index (χ0) is 18.6. The first kappa shape index (κ1) is 18.6. The lowest BCUT2D eigenvalue weighted by Gasteiger charge is -2.22. The largest absolute Gasteiger partial charge is 0.508 e. The summed E-state index contributed by atoms with van der Waals surface area (Å²) in [5.74, 6) is -0.382. The van der Waals surface area contributed by atoms with Crippen LogP contribution in [0.25, 0.3) is 10.8 Å². The molecule has 0 spiro atoms. The molecule has 2 amide bonds. The standard InChI is InChI=1S/C19H24N2O4/c1-19(2,3)25-18(24)21-16(17(20)23)9-5-12-4-6-14-11-15(22)8-7-13(14)10-12/h4,6-8,10-11,16,22H,5,9H2,1-3H3,(H2,20,23)(H,21,24)/t16-/m0/s1. The highest BCUT2D eigenvalue weighted by Crippen LogP contribution is 2.21. The predicted octanol–water partition coefficient (Wildman–Crippen LogP) is 2.86. The Kier molecular flexibility index (Phi) is 5.51. The second-order valence-corrected chi connectivity index (χ2v) is 7.01. The van der Waals surface area contributed by atoms with Gasteiger partial charge in [0, 0.05) is 0 Å². The minimum atomic E-state index is -0.801. The number of hydrogen-bond acceptors (Lipinski definition) is 4. The summed E-state index contributed by atoms with van der Waals surface area (Å²) in [5, 5.41) is 13.9. The van der Waals surface area contributed by atoms with E-state index in [9.17, 15) is 14.7 Å². The number of carbonyl (C=O) groups is 2. The van der Waals surface area contributed by atoms with Crippen molar-refractivity contribution in [3.05, 3.63) is 42.0 Å². The molecule has 2 aromatic rings. The number of aryl methyl sites for hydroxylation is 1. The number of hydrogen-bond donors (Lipinski definition) is 3. The summed E-state index contributed by atoms with van der Waals surface area (Å²) >= 11 is 0. The maximum Gasteiger partial charge on any atom is 0.408 e. The molecule has 2 aromatic carbocycles. The number of phenols is 1. The van der Waals surface area contributed by atoms with Crippen molar-refractivity contribution in [3.8, 4) is 5.75 Å². The summed E-state index contributed by atoms with van der Waals surface area (Å²) in [6.45, 7) is 5.25. The van der Waals surface area contributed by atoms with E-state index in [4.69, 9.17) is 10.5 Å². The zero-order valence-corrected chi connectivity index (χ0v) is 14.7. The van der Waals surface area contributed by atoms with Crippen molar-refractivity contribution in [2.24, 2.45) is 5.73 Å². The maximum atomic E-state index is 11.8. The molecule has 134 valence electrons. The Balaban J connectivity index is 2.02. The second-order valence-electron chi connectivity index (χ2n) is 7.01. The van der Waals surface area contributed by atoms with E-state index in [0.717, 1.165) is 16.3 Å². The summed E-state index contributed by atoms with van der Waals surface area (Å²) in [4.78, 5) is 23.4. The number of primary amides is 1. The number of carbonyl (C=O) groups excluding carboxylic acids is 2. The molecule has 6 heteroatoms. The van der Waals surface area contributed by atoms with Crippen molar-refractivity contribution in [2.45, 2.75) is 45.3 Å². The van der Waals surface area contributed by atoms with Gasteiger partial charge < -0.3 is 20.9 Å². The molecule has 1 atom stereocenters. The number of rotatable bonds is 5. The smallest absolute Gasteiger partial charge is 0.408 e. The minimum absolute atomic E-state index is 0.218. The van der Waals surface area contributed by atoms with Gasteiger partial charge in [0.2, 0.25) is 5.91 Å². The molecule has 6 nitrogen and oxygen atoms in total. The zero-order valence-electron chi connectivity index (χ0n) is 14.7. The number of nitrogens with one attached hydrogen (secondary N) is 1. The topological polar surface area (TPSA) is 102 Å². The fourth-order valence-corrected chi connectivity index (χ4v) is 2.48. The second kappa shape index (κ2) is 7.42. The van der Waals surface area contributed by atoms with Crippen molar-refractivity contribution < 1.29 is 19.4 Å². The summed E-state index contributed by atoms with van der Waals surface area (Å²) in [7, 11) is 0. The highest BCUT2D eigenvalue weighted by atomic mass is 16.6. The van der Waals surface area contributed by atoms with Gasteiger partial charge in [-0.2, -0.15) is 0 Å². The molecule has 0 saturated carbocycles. The number of nitrogens with two attached hydrogens (primary N) is 1. The van der Waals surface area contributed by atoms with Crippen LogP contribution in [0.2, 0.25) is 0 Å². The molecule has 0 bridgehead atoms. The van der Waals surface area contributed by atoms with Crippen LogP contribution >= 0.6 is 0 Å². The molecular formula is C19H24N2O4. The molecule has 25 heavy (non-hydrogen) atoms. The monoisotopic (exact) mass is 344 g/mol. The van der Waals surface area contributed by atoms with Gasteiger partial charge in [-0.3, -0.25) is 4.79 Å². The maximum absolute atomic E-state index is 11.8. The van der Waals surface area contributed by atoms with Crippen LogP contribution in [0.15, 0.2) is 36.4 Å². The van der Waals surface area contributed by atoms with E-state index in [1.165, 1.54) is 0 Å². The van der Waals surface area contributed by atoms with Crippen LogP contribution in [-0.4, -0.2) is 28.7 Å². The van der Waals surface area contributed by atoms with Gasteiger partial charge in [0.05, 0.1) is 0 Å². The Labute approximate surface area is 147 Å². The number of ether oxygens (including phenoxy) is 1. The van der Waals surface area contributed by atoms with E-state index in [-0.39, 0.29) is 5.75 Å². The Hall–Kier alpha value is -2.76. The van der Waals surface area contributed by atoms with Crippen molar-refractivity contribution in [2.75, 3.05) is 0 Å². The molecule has 0 saturated heterocycles. The van der Waals surface area contributed by atoms with E-state index < -0.39 is 23.6 Å². The first-order valence-corrected chi connectivity index (χ1v) is 8.14. The van der Waals surface area contributed by atoms with Crippen molar-refractivity contribution in [1.29, 1.82) is 0 Å². The van der Waals surface area contributed by atoms with E-state index in [1.807, 2.05) is 24.3 Å². The Bertz CT molecular complexity index is 781. The highest BCUT2D eigenvalue weighted by Gasteiger charge is 2.22. The molecule has 2 rings (SSSR count). The van der Waals surface area contributed by atoms with E-state index in [2.05, 4.69) is 5.32 Å². The number of amides is 2. The number of benzene rings is 2. The molecule has 0 heterocycles. The van der Waals surface area contributed by atoms with Gasteiger partial charge in [0.1, 0.15) is 17.4 Å². The van der Waals surface area contributed by atoms with Crippen molar-refractivity contribution >= 4 is 22.8 Å². The lowest BCUT2D eigenvalue weighted by atomic mass is 10.0. The van der Waals surface area contributed by atoms with E-state index >= 15 is 0 Å². The van der Waals surface area contributed by atoms with Crippen LogP contribution < -0.4 is 11.1 Å². The third-order valence-electron chi connectivity index (χ3n) is 3.64. The molecule has 0 unspecified atom stereocenters. The first-order valence-electron chi connectivity index (χ1n) is 8.14. The van der Waals surface area contributed by atoms with Gasteiger partial charge in [-0.25, -0.2) is 4.79 Å². The van der Waals surface area contributed by atoms with Gasteiger partial charge in [-0.1, -0.05) is 24.3 Å². The molecule has 0 aliphatic rings. The van der Waals surface area contributed by atoms with Crippen LogP contribution in [0.5, 0.6) is 5.75 Å². The summed E-state index contributed by atoms with van der Waals surface area (Å²) in [6, 6.07) is 10.2. The van der Waals surface area contributed by atoms with Crippen LogP contribution in [0, 0.1) is 0 Å². The summed E-state index contributed by atoms with van der Waals surface area (Å²) in [6.07, 6.45) is 0.281. The molecule has 0 aromatic heterocycles. The average Bonchev–Trinajstić information content (AvgIpc) is 2.49. The third kappa shape index (κ3) is 5.67. The van der Waals surface area contributed by atoms with Crippen LogP contribution in [0.1, 0.15) is 32.8 Å². The van der Waals surface area contributed by atoms with E-state index in [0.29, 0.717) is 12.8 Å². The average molecular weight is 344 g/mol. The number of phenolic OH excluding ortho intramolecular Hbond substituents is 1. The van der Waals surface area contributed by atoms with Gasteiger partial charge in [0.15, 0.2) is 0 Å². The van der Waals surface area contributed by atoms with Gasteiger partial charge in [0.25, 0.3) is 0 Å². The predicted molar refractivity (Wildman–Crippen MR) is 96.3 cm³/mol. The number of alkyl carbamates (subject to hydrolysis) is 1. The molecular weight excluding hydrogens is 320 g/mol. The van der Waals surface area contributed by atoms with Crippen LogP contribution in [0.4, 0.5) is 4.79 Å². The Morgan fingerprint density at radius 3 is 2.44 bits per heavy atom. The highest BCUT2D eigenvalue weighted by molar-refractivity contribution is 5.85.